The predicted octanol–water partition coefficient (Wildman–Crippen LogP) is 3.56. The summed E-state index contributed by atoms with van der Waals surface area (Å²) in [4.78, 5) is 0. The molecule has 1 aromatic heterocycles. The number of hydrogen-bond donors (Lipinski definition) is 1. The van der Waals surface area contributed by atoms with Gasteiger partial charge in [0, 0.05) is 18.9 Å². The maximum atomic E-state index is 11.0. The highest BCUT2D eigenvalue weighted by Crippen LogP contribution is 2.24. The molecule has 1 N–H and O–H groups in total. The fraction of sp³-hybridized carbons (Fsp3) is 0.471. The zero-order chi connectivity index (χ0) is 17.7. The van der Waals surface area contributed by atoms with E-state index < -0.39 is 10.1 Å². The van der Waals surface area contributed by atoms with Crippen molar-refractivity contribution in [1.29, 1.82) is 0 Å². The van der Waals surface area contributed by atoms with Gasteiger partial charge in [-0.15, -0.1) is 0 Å². The number of ether oxygens (including phenoxy) is 1. The molecule has 0 bridgehead atoms. The Morgan fingerprint density at radius 2 is 2.12 bits per heavy atom. The molecule has 2 rings (SSSR count). The van der Waals surface area contributed by atoms with Crippen molar-refractivity contribution in [2.75, 3.05) is 12.4 Å². The van der Waals surface area contributed by atoms with E-state index in [4.69, 9.17) is 9.29 Å². The number of thiazole rings is 1. The van der Waals surface area contributed by atoms with Gasteiger partial charge in [0.15, 0.2) is 6.54 Å². The third-order valence-corrected chi connectivity index (χ3v) is 5.55. The van der Waals surface area contributed by atoms with Gasteiger partial charge in [0.25, 0.3) is 15.1 Å². The molecule has 1 aromatic carbocycles. The lowest BCUT2D eigenvalue weighted by Gasteiger charge is -2.04. The molecular formula is C17H24NO4S2+. The molecule has 2 aromatic rings. The molecule has 0 unspecified atom stereocenters. The van der Waals surface area contributed by atoms with E-state index in [-0.39, 0.29) is 5.75 Å². The molecule has 0 saturated carbocycles. The van der Waals surface area contributed by atoms with Crippen LogP contribution in [0.2, 0.25) is 0 Å². The molecule has 132 valence electrons. The van der Waals surface area contributed by atoms with Crippen LogP contribution in [0.25, 0.3) is 16.3 Å². The largest absolute Gasteiger partial charge is 0.498 e. The van der Waals surface area contributed by atoms with Gasteiger partial charge >= 0.3 is 0 Å². The Morgan fingerprint density at radius 3 is 2.75 bits per heavy atom. The lowest BCUT2D eigenvalue weighted by Crippen LogP contribution is -2.36. The highest BCUT2D eigenvalue weighted by atomic mass is 32.2. The summed E-state index contributed by atoms with van der Waals surface area (Å²) in [7, 11) is -3.94. The molecule has 0 spiro atoms. The van der Waals surface area contributed by atoms with Crippen LogP contribution in [0, 0.1) is 6.92 Å². The number of nitrogens with zero attached hydrogens (tertiary/aromatic N) is 1. The second-order valence-corrected chi connectivity index (χ2v) is 8.23. The van der Waals surface area contributed by atoms with Crippen molar-refractivity contribution in [3.63, 3.8) is 0 Å². The van der Waals surface area contributed by atoms with Crippen LogP contribution in [-0.2, 0) is 21.4 Å². The smallest absolute Gasteiger partial charge is 0.266 e. The number of rotatable bonds is 8. The van der Waals surface area contributed by atoms with E-state index in [1.807, 2.05) is 26.8 Å². The molecule has 24 heavy (non-hydrogen) atoms. The summed E-state index contributed by atoms with van der Waals surface area (Å²) in [5.74, 6) is 0.669. The van der Waals surface area contributed by atoms with Crippen molar-refractivity contribution in [1.82, 2.24) is 0 Å². The van der Waals surface area contributed by atoms with Gasteiger partial charge in [0.05, 0.1) is 18.4 Å². The van der Waals surface area contributed by atoms with Crippen molar-refractivity contribution < 1.29 is 22.3 Å². The van der Waals surface area contributed by atoms with Crippen LogP contribution >= 0.6 is 11.3 Å². The van der Waals surface area contributed by atoms with E-state index in [9.17, 15) is 8.42 Å². The summed E-state index contributed by atoms with van der Waals surface area (Å²) < 4.78 is 39.8. The third-order valence-electron chi connectivity index (χ3n) is 3.63. The Balaban J connectivity index is 2.43. The van der Waals surface area contributed by atoms with Crippen LogP contribution in [0.4, 0.5) is 0 Å². The molecule has 0 aliphatic carbocycles. The standard InChI is InChI=1S/C17H23NO4S2/c1-4-14(22-5-2)12-17-18(9-6-10-24(19,20)21)15-11-13(3)7-8-16(15)23-17/h7-8,11-12H,4-6,9-10H2,1-3H3/p+1/b14-12-. The number of aryl methyl sites for hydroxylation is 2. The summed E-state index contributed by atoms with van der Waals surface area (Å²) in [6.45, 7) is 7.18. The summed E-state index contributed by atoms with van der Waals surface area (Å²) in [5, 5.41) is 1.02. The van der Waals surface area contributed by atoms with E-state index in [2.05, 4.69) is 22.8 Å². The van der Waals surface area contributed by atoms with Gasteiger partial charge in [-0.2, -0.15) is 13.0 Å². The Kier molecular flexibility index (Phi) is 6.37. The number of hydrogen-bond acceptors (Lipinski definition) is 4. The first-order chi connectivity index (χ1) is 11.3. The van der Waals surface area contributed by atoms with Crippen molar-refractivity contribution in [2.45, 2.75) is 40.2 Å². The molecule has 7 heteroatoms. The zero-order valence-electron chi connectivity index (χ0n) is 14.3. The van der Waals surface area contributed by atoms with Crippen molar-refractivity contribution in [2.24, 2.45) is 0 Å². The quantitative estimate of drug-likeness (QED) is 0.438. The van der Waals surface area contributed by atoms with E-state index in [1.165, 1.54) is 0 Å². The van der Waals surface area contributed by atoms with Gasteiger partial charge in [0.1, 0.15) is 10.5 Å². The number of allylic oxidation sites excluding steroid dienone is 1. The third kappa shape index (κ3) is 5.03. The van der Waals surface area contributed by atoms with E-state index in [1.54, 1.807) is 11.3 Å². The highest BCUT2D eigenvalue weighted by molar-refractivity contribution is 7.85. The van der Waals surface area contributed by atoms with Gasteiger partial charge in [-0.3, -0.25) is 4.55 Å². The topological polar surface area (TPSA) is 67.5 Å². The summed E-state index contributed by atoms with van der Waals surface area (Å²) >= 11 is 1.65. The van der Waals surface area contributed by atoms with Crippen LogP contribution in [0.3, 0.4) is 0 Å². The normalized spacial score (nSPS) is 12.8. The lowest BCUT2D eigenvalue weighted by molar-refractivity contribution is -0.668. The number of benzene rings is 1. The van der Waals surface area contributed by atoms with E-state index in [0.717, 1.165) is 33.0 Å². The monoisotopic (exact) mass is 370 g/mol. The minimum absolute atomic E-state index is 0.238. The molecule has 1 heterocycles. The average Bonchev–Trinajstić information content (AvgIpc) is 2.83. The molecule has 0 atom stereocenters. The summed E-state index contributed by atoms with van der Waals surface area (Å²) in [6.07, 6.45) is 3.18. The molecule has 0 radical (unpaired) electrons. The summed E-state index contributed by atoms with van der Waals surface area (Å²) in [6, 6.07) is 6.25. The molecular weight excluding hydrogens is 346 g/mol. The molecule has 5 nitrogen and oxygen atoms in total. The average molecular weight is 371 g/mol. The van der Waals surface area contributed by atoms with Gasteiger partial charge in [-0.1, -0.05) is 24.3 Å². The first kappa shape index (κ1) is 18.9. The van der Waals surface area contributed by atoms with Crippen molar-refractivity contribution >= 4 is 37.7 Å². The second-order valence-electron chi connectivity index (χ2n) is 5.60. The van der Waals surface area contributed by atoms with Crippen LogP contribution < -0.4 is 4.57 Å². The molecule has 0 aliphatic heterocycles. The fourth-order valence-electron chi connectivity index (χ4n) is 2.52. The maximum Gasteiger partial charge on any atom is 0.266 e. The second kappa shape index (κ2) is 8.09. The van der Waals surface area contributed by atoms with Gasteiger partial charge in [0.2, 0.25) is 5.52 Å². The van der Waals surface area contributed by atoms with Crippen LogP contribution in [0.5, 0.6) is 0 Å². The first-order valence-corrected chi connectivity index (χ1v) is 10.5. The summed E-state index contributed by atoms with van der Waals surface area (Å²) in [5.41, 5.74) is 2.23. The van der Waals surface area contributed by atoms with Crippen LogP contribution in [-0.4, -0.2) is 25.3 Å². The Labute approximate surface area is 147 Å². The molecule has 0 amide bonds. The van der Waals surface area contributed by atoms with Crippen molar-refractivity contribution in [3.8, 4) is 0 Å². The SMILES string of the molecule is CCO/C(=C\c1sc2ccc(C)cc2[n+]1CCCS(=O)(=O)O)CC. The Bertz CT molecular complexity index is 838. The first-order valence-electron chi connectivity index (χ1n) is 8.05. The van der Waals surface area contributed by atoms with Gasteiger partial charge < -0.3 is 4.74 Å². The van der Waals surface area contributed by atoms with E-state index in [0.29, 0.717) is 19.6 Å². The molecule has 0 fully saturated rings. The Morgan fingerprint density at radius 1 is 1.38 bits per heavy atom. The van der Waals surface area contributed by atoms with Crippen LogP contribution in [0.15, 0.2) is 24.0 Å². The highest BCUT2D eigenvalue weighted by Gasteiger charge is 2.20. The maximum absolute atomic E-state index is 11.0. The lowest BCUT2D eigenvalue weighted by atomic mass is 10.2. The fourth-order valence-corrected chi connectivity index (χ4v) is 4.14. The van der Waals surface area contributed by atoms with E-state index >= 15 is 0 Å². The predicted molar refractivity (Wildman–Crippen MR) is 97.7 cm³/mol. The zero-order valence-corrected chi connectivity index (χ0v) is 15.9. The minimum Gasteiger partial charge on any atom is -0.498 e. The number of aromatic nitrogens is 1. The van der Waals surface area contributed by atoms with Crippen LogP contribution in [0.1, 0.15) is 37.3 Å². The van der Waals surface area contributed by atoms with Crippen molar-refractivity contribution in [3.05, 3.63) is 34.5 Å². The van der Waals surface area contributed by atoms with Gasteiger partial charge in [-0.25, -0.2) is 0 Å². The number of fused-ring (bicyclic) bond motifs is 1. The molecule has 0 saturated heterocycles. The Hall–Kier alpha value is -1.44. The minimum atomic E-state index is -3.94. The van der Waals surface area contributed by atoms with Gasteiger partial charge in [-0.05, 0) is 25.5 Å². The molecule has 0 aliphatic rings.